The van der Waals surface area contributed by atoms with Gasteiger partial charge in [0.2, 0.25) is 0 Å². The molecule has 88 valence electrons. The highest BCUT2D eigenvalue weighted by molar-refractivity contribution is 5.92. The van der Waals surface area contributed by atoms with Crippen LogP contribution in [0, 0.1) is 0 Å². The normalized spacial score (nSPS) is 38.2. The molecule has 16 heavy (non-hydrogen) atoms. The lowest BCUT2D eigenvalue weighted by molar-refractivity contribution is -0.324. The van der Waals surface area contributed by atoms with Gasteiger partial charge in [0.05, 0.1) is 19.3 Å². The van der Waals surface area contributed by atoms with E-state index in [4.69, 9.17) is 14.2 Å². The van der Waals surface area contributed by atoms with Crippen molar-refractivity contribution in [2.75, 3.05) is 0 Å². The summed E-state index contributed by atoms with van der Waals surface area (Å²) in [4.78, 5) is 34.2. The summed E-state index contributed by atoms with van der Waals surface area (Å²) in [7, 11) is 0. The van der Waals surface area contributed by atoms with Crippen molar-refractivity contribution in [1.82, 2.24) is 0 Å². The maximum Gasteiger partial charge on any atom is 0.423 e. The number of hydrogen-bond acceptors (Lipinski definition) is 7. The highest BCUT2D eigenvalue weighted by Gasteiger charge is 2.57. The number of carbonyl (C=O) groups is 3. The molecule has 0 aromatic rings. The lowest BCUT2D eigenvalue weighted by atomic mass is 9.96. The smallest absolute Gasteiger partial charge is 0.388 e. The van der Waals surface area contributed by atoms with Gasteiger partial charge in [0.15, 0.2) is 5.60 Å². The third-order valence-corrected chi connectivity index (χ3v) is 2.47. The first-order valence-electron chi connectivity index (χ1n) is 4.79. The Morgan fingerprint density at radius 3 is 2.06 bits per heavy atom. The van der Waals surface area contributed by atoms with Crippen molar-refractivity contribution in [3.05, 3.63) is 0 Å². The first-order valence-corrected chi connectivity index (χ1v) is 4.79. The highest BCUT2D eigenvalue weighted by atomic mass is 16.9. The summed E-state index contributed by atoms with van der Waals surface area (Å²) in [5.74, 6) is -4.79. The summed E-state index contributed by atoms with van der Waals surface area (Å²) in [6, 6.07) is 0. The zero-order valence-electron chi connectivity index (χ0n) is 8.52. The molecule has 2 aliphatic rings. The van der Waals surface area contributed by atoms with Crippen molar-refractivity contribution in [3.63, 3.8) is 0 Å². The second-order valence-electron chi connectivity index (χ2n) is 3.76. The molecule has 0 atom stereocenters. The van der Waals surface area contributed by atoms with E-state index in [1.807, 2.05) is 0 Å². The fourth-order valence-corrected chi connectivity index (χ4v) is 1.62. The fourth-order valence-electron chi connectivity index (χ4n) is 1.62. The van der Waals surface area contributed by atoms with Gasteiger partial charge in [0.25, 0.3) is 0 Å². The summed E-state index contributed by atoms with van der Waals surface area (Å²) in [5, 5.41) is 9.82. The quantitative estimate of drug-likeness (QED) is 0.589. The molecule has 7 heteroatoms. The van der Waals surface area contributed by atoms with Crippen LogP contribution in [0.15, 0.2) is 0 Å². The van der Waals surface area contributed by atoms with Crippen LogP contribution in [-0.4, -0.2) is 34.6 Å². The van der Waals surface area contributed by atoms with E-state index in [0.29, 0.717) is 0 Å². The second-order valence-corrected chi connectivity index (χ2v) is 3.76. The highest BCUT2D eigenvalue weighted by Crippen LogP contribution is 2.35. The molecular formula is C9H10O7. The van der Waals surface area contributed by atoms with E-state index < -0.39 is 42.3 Å². The van der Waals surface area contributed by atoms with Gasteiger partial charge >= 0.3 is 23.9 Å². The summed E-state index contributed by atoms with van der Waals surface area (Å²) in [6.07, 6.45) is -1.25. The minimum absolute atomic E-state index is 0.0354. The molecule has 2 bridgehead atoms. The van der Waals surface area contributed by atoms with Crippen molar-refractivity contribution < 1.29 is 33.7 Å². The summed E-state index contributed by atoms with van der Waals surface area (Å²) in [6.45, 7) is 1.52. The molecule has 2 aliphatic heterocycles. The van der Waals surface area contributed by atoms with Gasteiger partial charge in [-0.25, -0.2) is 4.79 Å². The van der Waals surface area contributed by atoms with Crippen molar-refractivity contribution in [3.8, 4) is 0 Å². The Kier molecular flexibility index (Phi) is 2.16. The van der Waals surface area contributed by atoms with Crippen molar-refractivity contribution in [2.24, 2.45) is 0 Å². The van der Waals surface area contributed by atoms with E-state index >= 15 is 0 Å². The predicted octanol–water partition coefficient (Wildman–Crippen LogP) is -0.782. The third-order valence-electron chi connectivity index (χ3n) is 2.47. The van der Waals surface area contributed by atoms with Gasteiger partial charge in [-0.2, -0.15) is 0 Å². The molecule has 0 unspecified atom stereocenters. The first kappa shape index (κ1) is 10.9. The monoisotopic (exact) mass is 230 g/mol. The molecular weight excluding hydrogens is 220 g/mol. The lowest BCUT2D eigenvalue weighted by Crippen LogP contribution is -2.41. The van der Waals surface area contributed by atoms with Crippen molar-refractivity contribution >= 4 is 17.9 Å². The van der Waals surface area contributed by atoms with Gasteiger partial charge in [-0.05, 0) is 0 Å². The Hall–Kier alpha value is -1.63. The first-order chi connectivity index (χ1) is 7.39. The molecule has 0 amide bonds. The van der Waals surface area contributed by atoms with Gasteiger partial charge in [-0.1, -0.05) is 6.92 Å². The fraction of sp³-hybridized carbons (Fsp3) is 0.667. The average Bonchev–Trinajstić information content (AvgIpc) is 2.27. The van der Waals surface area contributed by atoms with Crippen LogP contribution in [0.2, 0.25) is 0 Å². The molecule has 7 nitrogen and oxygen atoms in total. The van der Waals surface area contributed by atoms with Crippen LogP contribution in [-0.2, 0) is 28.6 Å². The van der Waals surface area contributed by atoms with E-state index in [1.54, 1.807) is 0 Å². The number of esters is 3. The number of aliphatic hydroxyl groups is 1. The van der Waals surface area contributed by atoms with Crippen LogP contribution in [0.25, 0.3) is 0 Å². The van der Waals surface area contributed by atoms with Gasteiger partial charge in [0, 0.05) is 0 Å². The van der Waals surface area contributed by atoms with Crippen LogP contribution in [0.1, 0.15) is 26.2 Å². The van der Waals surface area contributed by atoms with E-state index in [1.165, 1.54) is 6.92 Å². The molecule has 2 rings (SSSR count). The van der Waals surface area contributed by atoms with E-state index in [0.717, 1.165) is 0 Å². The number of hydrogen-bond donors (Lipinski definition) is 1. The van der Waals surface area contributed by atoms with E-state index in [-0.39, 0.29) is 6.42 Å². The number of fused-ring (bicyclic) bond motifs is 3. The Morgan fingerprint density at radius 2 is 1.62 bits per heavy atom. The summed E-state index contributed by atoms with van der Waals surface area (Å²) in [5.41, 5.74) is -2.18. The molecule has 2 heterocycles. The molecule has 0 spiro atoms. The van der Waals surface area contributed by atoms with Gasteiger partial charge < -0.3 is 19.3 Å². The largest absolute Gasteiger partial charge is 0.423 e. The van der Waals surface area contributed by atoms with Crippen LogP contribution in [0.4, 0.5) is 0 Å². The molecule has 2 fully saturated rings. The second kappa shape index (κ2) is 3.18. The maximum absolute atomic E-state index is 11.5. The van der Waals surface area contributed by atoms with Crippen LogP contribution < -0.4 is 0 Å². The molecule has 0 aliphatic carbocycles. The zero-order chi connectivity index (χ0) is 12.0. The van der Waals surface area contributed by atoms with Crippen LogP contribution in [0.3, 0.4) is 0 Å². The van der Waals surface area contributed by atoms with Crippen molar-refractivity contribution in [2.45, 2.75) is 37.8 Å². The van der Waals surface area contributed by atoms with E-state index in [9.17, 15) is 19.5 Å². The lowest BCUT2D eigenvalue weighted by Gasteiger charge is -2.27. The summed E-state index contributed by atoms with van der Waals surface area (Å²) < 4.78 is 14.2. The number of ether oxygens (including phenoxy) is 3. The molecule has 0 aromatic carbocycles. The Balaban J connectivity index is 2.48. The molecule has 2 saturated heterocycles. The average molecular weight is 230 g/mol. The Labute approximate surface area is 90.3 Å². The van der Waals surface area contributed by atoms with Gasteiger partial charge in [-0.15, -0.1) is 0 Å². The Morgan fingerprint density at radius 1 is 1.12 bits per heavy atom. The third kappa shape index (κ3) is 1.53. The molecule has 1 N–H and O–H groups in total. The SMILES string of the molecule is CCC12OC(=O)CC(O)(CC(=O)O1)C(=O)O2. The number of rotatable bonds is 1. The van der Waals surface area contributed by atoms with Gasteiger partial charge in [0.1, 0.15) is 0 Å². The Bertz CT molecular complexity index is 352. The minimum Gasteiger partial charge on any atom is -0.388 e. The minimum atomic E-state index is -2.18. The van der Waals surface area contributed by atoms with Gasteiger partial charge in [-0.3, -0.25) is 9.59 Å². The molecule has 0 radical (unpaired) electrons. The van der Waals surface area contributed by atoms with Crippen molar-refractivity contribution in [1.29, 1.82) is 0 Å². The maximum atomic E-state index is 11.5. The standard InChI is InChI=1S/C9H10O7/c1-2-9-14-5(10)3-8(13,7(12)16-9)4-6(11)15-9/h13H,2-4H2,1H3. The van der Waals surface area contributed by atoms with Crippen LogP contribution in [0.5, 0.6) is 0 Å². The number of carbonyl (C=O) groups excluding carboxylic acids is 3. The summed E-state index contributed by atoms with van der Waals surface area (Å²) >= 11 is 0. The zero-order valence-corrected chi connectivity index (χ0v) is 8.52. The topological polar surface area (TPSA) is 99.1 Å². The van der Waals surface area contributed by atoms with E-state index in [2.05, 4.69) is 0 Å². The molecule has 0 aromatic heterocycles. The molecule has 0 saturated carbocycles. The predicted molar refractivity (Wildman–Crippen MR) is 45.5 cm³/mol. The van der Waals surface area contributed by atoms with Crippen LogP contribution >= 0.6 is 0 Å².